The van der Waals surface area contributed by atoms with E-state index in [-0.39, 0.29) is 0 Å². The van der Waals surface area contributed by atoms with E-state index in [1.165, 1.54) is 27.7 Å². The fourth-order valence-electron chi connectivity index (χ4n) is 3.60. The Labute approximate surface area is 158 Å². The van der Waals surface area contributed by atoms with Crippen molar-refractivity contribution in [1.82, 2.24) is 9.88 Å². The molecule has 0 radical (unpaired) electrons. The Hall–Kier alpha value is -1.74. The van der Waals surface area contributed by atoms with Crippen molar-refractivity contribution in [1.29, 1.82) is 0 Å². The SMILES string of the molecule is C/C(=C\n1c2c(c3cc(C)ccc31)CCNC2)c1ccc(Cl)c(Cl)c1. The highest BCUT2D eigenvalue weighted by Crippen LogP contribution is 2.32. The van der Waals surface area contributed by atoms with E-state index in [9.17, 15) is 0 Å². The fraction of sp³-hybridized carbons (Fsp3) is 0.238. The van der Waals surface area contributed by atoms with Gasteiger partial charge in [-0.3, -0.25) is 0 Å². The van der Waals surface area contributed by atoms with E-state index in [4.69, 9.17) is 23.2 Å². The van der Waals surface area contributed by atoms with Crippen LogP contribution in [-0.4, -0.2) is 11.1 Å². The summed E-state index contributed by atoms with van der Waals surface area (Å²) < 4.78 is 2.33. The van der Waals surface area contributed by atoms with Crippen molar-refractivity contribution in [3.63, 3.8) is 0 Å². The highest BCUT2D eigenvalue weighted by molar-refractivity contribution is 6.42. The molecule has 1 N–H and O–H groups in total. The van der Waals surface area contributed by atoms with Crippen LogP contribution < -0.4 is 5.32 Å². The Morgan fingerprint density at radius 3 is 2.76 bits per heavy atom. The van der Waals surface area contributed by atoms with Gasteiger partial charge in [0.15, 0.2) is 0 Å². The van der Waals surface area contributed by atoms with Crippen LogP contribution in [0.1, 0.15) is 29.3 Å². The first-order valence-corrected chi connectivity index (χ1v) is 9.27. The third kappa shape index (κ3) is 2.99. The van der Waals surface area contributed by atoms with Crippen molar-refractivity contribution in [3.8, 4) is 0 Å². The molecule has 4 heteroatoms. The van der Waals surface area contributed by atoms with Crippen LogP contribution in [0.4, 0.5) is 0 Å². The van der Waals surface area contributed by atoms with Crippen molar-refractivity contribution < 1.29 is 0 Å². The molecule has 3 aromatic rings. The minimum absolute atomic E-state index is 0.585. The molecular weight excluding hydrogens is 351 g/mol. The summed E-state index contributed by atoms with van der Waals surface area (Å²) in [5, 5.41) is 6.04. The Kier molecular flexibility index (Phi) is 4.36. The number of rotatable bonds is 2. The molecule has 128 valence electrons. The lowest BCUT2D eigenvalue weighted by Gasteiger charge is -2.16. The van der Waals surface area contributed by atoms with Crippen LogP contribution >= 0.6 is 23.2 Å². The molecule has 0 unspecified atom stereocenters. The predicted molar refractivity (Wildman–Crippen MR) is 108 cm³/mol. The molecule has 0 aliphatic carbocycles. The van der Waals surface area contributed by atoms with Crippen molar-refractivity contribution in [3.05, 3.63) is 68.8 Å². The topological polar surface area (TPSA) is 17.0 Å². The summed E-state index contributed by atoms with van der Waals surface area (Å²) in [7, 11) is 0. The van der Waals surface area contributed by atoms with Crippen molar-refractivity contribution in [2.75, 3.05) is 6.54 Å². The van der Waals surface area contributed by atoms with Gasteiger partial charge >= 0.3 is 0 Å². The number of nitrogens with one attached hydrogen (secondary N) is 1. The summed E-state index contributed by atoms with van der Waals surface area (Å²) in [6.07, 6.45) is 3.28. The summed E-state index contributed by atoms with van der Waals surface area (Å²) in [4.78, 5) is 0. The van der Waals surface area contributed by atoms with Gasteiger partial charge in [-0.05, 0) is 67.8 Å². The quantitative estimate of drug-likeness (QED) is 0.592. The summed E-state index contributed by atoms with van der Waals surface area (Å²) in [6.45, 7) is 6.20. The molecule has 0 saturated heterocycles. The predicted octanol–water partition coefficient (Wildman–Crippen LogP) is 5.92. The molecule has 1 aliphatic heterocycles. The van der Waals surface area contributed by atoms with E-state index < -0.39 is 0 Å². The summed E-state index contributed by atoms with van der Waals surface area (Å²) in [6, 6.07) is 12.5. The average Bonchev–Trinajstić information content (AvgIpc) is 2.91. The minimum atomic E-state index is 0.585. The molecule has 0 bridgehead atoms. The van der Waals surface area contributed by atoms with Gasteiger partial charge in [-0.2, -0.15) is 0 Å². The Balaban J connectivity index is 1.89. The highest BCUT2D eigenvalue weighted by atomic mass is 35.5. The lowest BCUT2D eigenvalue weighted by molar-refractivity contribution is 0.629. The number of fused-ring (bicyclic) bond motifs is 3. The van der Waals surface area contributed by atoms with Gasteiger partial charge in [-0.25, -0.2) is 0 Å². The molecule has 0 fully saturated rings. The van der Waals surface area contributed by atoms with Gasteiger partial charge in [0, 0.05) is 23.8 Å². The van der Waals surface area contributed by atoms with E-state index in [1.54, 1.807) is 0 Å². The van der Waals surface area contributed by atoms with Gasteiger partial charge in [0.05, 0.1) is 15.6 Å². The van der Waals surface area contributed by atoms with E-state index >= 15 is 0 Å². The Bertz CT molecular complexity index is 999. The van der Waals surface area contributed by atoms with Crippen molar-refractivity contribution >= 4 is 45.9 Å². The van der Waals surface area contributed by atoms with E-state index in [0.717, 1.165) is 30.6 Å². The maximum atomic E-state index is 6.19. The van der Waals surface area contributed by atoms with E-state index in [2.05, 4.69) is 48.1 Å². The van der Waals surface area contributed by atoms with Gasteiger partial charge in [0.25, 0.3) is 0 Å². The summed E-state index contributed by atoms with van der Waals surface area (Å²) >= 11 is 12.2. The Morgan fingerprint density at radius 2 is 1.96 bits per heavy atom. The van der Waals surface area contributed by atoms with Crippen LogP contribution in [0, 0.1) is 6.92 Å². The standard InChI is InChI=1S/C21H20Cl2N2/c1-13-3-6-20-17(9-13)16-7-8-24-11-21(16)25(20)12-14(2)15-4-5-18(22)19(23)10-15/h3-6,9-10,12,24H,7-8,11H2,1-2H3/b14-12+. The molecule has 0 amide bonds. The zero-order valence-corrected chi connectivity index (χ0v) is 15.9. The van der Waals surface area contributed by atoms with Crippen LogP contribution in [0.2, 0.25) is 10.0 Å². The number of aromatic nitrogens is 1. The first-order chi connectivity index (χ1) is 12.0. The molecule has 0 saturated carbocycles. The van der Waals surface area contributed by atoms with Gasteiger partial charge in [0.1, 0.15) is 0 Å². The van der Waals surface area contributed by atoms with Crippen molar-refractivity contribution in [2.24, 2.45) is 0 Å². The molecule has 1 aromatic heterocycles. The molecule has 2 aromatic carbocycles. The number of nitrogens with zero attached hydrogens (tertiary/aromatic N) is 1. The summed E-state index contributed by atoms with van der Waals surface area (Å²) in [5.74, 6) is 0. The first-order valence-electron chi connectivity index (χ1n) is 8.51. The number of benzene rings is 2. The molecule has 2 nitrogen and oxygen atoms in total. The zero-order chi connectivity index (χ0) is 17.6. The molecular formula is C21H20Cl2N2. The molecule has 0 spiro atoms. The van der Waals surface area contributed by atoms with Crippen LogP contribution in [0.25, 0.3) is 22.7 Å². The number of hydrogen-bond acceptors (Lipinski definition) is 1. The lowest BCUT2D eigenvalue weighted by atomic mass is 10.0. The highest BCUT2D eigenvalue weighted by Gasteiger charge is 2.19. The molecule has 4 rings (SSSR count). The van der Waals surface area contributed by atoms with Crippen LogP contribution in [0.15, 0.2) is 36.4 Å². The fourth-order valence-corrected chi connectivity index (χ4v) is 3.89. The minimum Gasteiger partial charge on any atom is -0.318 e. The first kappa shape index (κ1) is 16.7. The molecule has 2 heterocycles. The van der Waals surface area contributed by atoms with Gasteiger partial charge in [-0.15, -0.1) is 0 Å². The smallest absolute Gasteiger partial charge is 0.0598 e. The second-order valence-corrected chi connectivity index (χ2v) is 7.50. The van der Waals surface area contributed by atoms with Gasteiger partial charge in [-0.1, -0.05) is 40.9 Å². The Morgan fingerprint density at radius 1 is 1.12 bits per heavy atom. The largest absolute Gasteiger partial charge is 0.318 e. The third-order valence-corrected chi connectivity index (χ3v) is 5.66. The van der Waals surface area contributed by atoms with Crippen LogP contribution in [-0.2, 0) is 13.0 Å². The van der Waals surface area contributed by atoms with Gasteiger partial charge in [0.2, 0.25) is 0 Å². The molecule has 0 atom stereocenters. The van der Waals surface area contributed by atoms with Crippen LogP contribution in [0.5, 0.6) is 0 Å². The summed E-state index contributed by atoms with van der Waals surface area (Å²) in [5.41, 5.74) is 7.63. The maximum Gasteiger partial charge on any atom is 0.0598 e. The zero-order valence-electron chi connectivity index (χ0n) is 14.4. The second-order valence-electron chi connectivity index (χ2n) is 6.68. The van der Waals surface area contributed by atoms with Crippen LogP contribution in [0.3, 0.4) is 0 Å². The van der Waals surface area contributed by atoms with E-state index in [0.29, 0.717) is 10.0 Å². The molecule has 25 heavy (non-hydrogen) atoms. The number of allylic oxidation sites excluding steroid dienone is 1. The van der Waals surface area contributed by atoms with Gasteiger partial charge < -0.3 is 9.88 Å². The number of hydrogen-bond donors (Lipinski definition) is 1. The second kappa shape index (κ2) is 6.53. The number of halogens is 2. The average molecular weight is 371 g/mol. The lowest BCUT2D eigenvalue weighted by Crippen LogP contribution is -2.24. The molecule has 1 aliphatic rings. The van der Waals surface area contributed by atoms with Crippen molar-refractivity contribution in [2.45, 2.75) is 26.8 Å². The number of aryl methyl sites for hydroxylation is 1. The third-order valence-electron chi connectivity index (χ3n) is 4.92. The monoisotopic (exact) mass is 370 g/mol. The maximum absolute atomic E-state index is 6.19. The normalized spacial score (nSPS) is 14.8. The van der Waals surface area contributed by atoms with E-state index in [1.807, 2.05) is 18.2 Å².